The molecule has 36 heavy (non-hydrogen) atoms. The Hall–Kier alpha value is -4.31. The summed E-state index contributed by atoms with van der Waals surface area (Å²) in [6.07, 6.45) is 1.30. The lowest BCUT2D eigenvalue weighted by atomic mass is 10.2. The van der Waals surface area contributed by atoms with Gasteiger partial charge in [0.2, 0.25) is 0 Å². The lowest BCUT2D eigenvalue weighted by Gasteiger charge is -2.14. The quantitative estimate of drug-likeness (QED) is 0.149. The number of benzene rings is 3. The van der Waals surface area contributed by atoms with E-state index in [4.69, 9.17) is 9.47 Å². The van der Waals surface area contributed by atoms with Crippen molar-refractivity contribution >= 4 is 23.9 Å². The topological polar surface area (TPSA) is 116 Å². The highest BCUT2D eigenvalue weighted by Gasteiger charge is 2.24. The SMILES string of the molecule is CCOc1ccc(-[n+]2c(SCC(=O)NN=Cc3cccc(OC)c3[O-])n[nH]c2-c2ccccc2)cc1. The van der Waals surface area contributed by atoms with Crippen molar-refractivity contribution in [2.24, 2.45) is 5.10 Å². The van der Waals surface area contributed by atoms with Gasteiger partial charge < -0.3 is 14.6 Å². The maximum atomic E-state index is 12.4. The van der Waals surface area contributed by atoms with Gasteiger partial charge in [-0.2, -0.15) is 9.67 Å². The number of aromatic amines is 1. The van der Waals surface area contributed by atoms with Crippen LogP contribution in [0.4, 0.5) is 0 Å². The van der Waals surface area contributed by atoms with Crippen LogP contribution in [0.2, 0.25) is 0 Å². The zero-order valence-corrected chi connectivity index (χ0v) is 20.6. The highest BCUT2D eigenvalue weighted by molar-refractivity contribution is 7.99. The summed E-state index contributed by atoms with van der Waals surface area (Å²) in [5.41, 5.74) is 4.59. The van der Waals surface area contributed by atoms with Crippen molar-refractivity contribution in [2.45, 2.75) is 12.1 Å². The molecule has 0 fully saturated rings. The Morgan fingerprint density at radius 2 is 1.92 bits per heavy atom. The summed E-state index contributed by atoms with van der Waals surface area (Å²) in [4.78, 5) is 12.4. The molecule has 0 bridgehead atoms. The number of hydrogen-bond acceptors (Lipinski definition) is 7. The summed E-state index contributed by atoms with van der Waals surface area (Å²) in [5.74, 6) is 1.20. The molecule has 3 aromatic carbocycles. The fraction of sp³-hybridized carbons (Fsp3) is 0.154. The number of ether oxygens (including phenoxy) is 2. The van der Waals surface area contributed by atoms with E-state index in [2.05, 4.69) is 20.7 Å². The second-order valence-electron chi connectivity index (χ2n) is 7.44. The molecule has 0 spiro atoms. The van der Waals surface area contributed by atoms with Crippen LogP contribution in [-0.4, -0.2) is 41.8 Å². The Morgan fingerprint density at radius 1 is 1.14 bits per heavy atom. The Labute approximate surface area is 212 Å². The number of aromatic nitrogens is 3. The molecule has 184 valence electrons. The second kappa shape index (κ2) is 11.9. The van der Waals surface area contributed by atoms with E-state index >= 15 is 0 Å². The van der Waals surface area contributed by atoms with E-state index in [1.165, 1.54) is 25.1 Å². The number of thioether (sulfide) groups is 1. The first kappa shape index (κ1) is 24.8. The molecule has 4 rings (SSSR count). The van der Waals surface area contributed by atoms with Gasteiger partial charge >= 0.3 is 5.16 Å². The van der Waals surface area contributed by atoms with Crippen LogP contribution >= 0.6 is 11.8 Å². The molecule has 0 aliphatic heterocycles. The van der Waals surface area contributed by atoms with E-state index in [9.17, 15) is 9.90 Å². The fourth-order valence-electron chi connectivity index (χ4n) is 3.41. The first-order valence-corrected chi connectivity index (χ1v) is 12.2. The zero-order valence-electron chi connectivity index (χ0n) is 19.8. The third-order valence-electron chi connectivity index (χ3n) is 5.08. The standard InChI is InChI=1S/C26H25N5O4S/c1-3-35-21-14-12-20(13-15-21)31-25(18-8-5-4-6-9-18)29-30-26(31)36-17-23(32)28-27-16-19-10-7-11-22(34-2)24(19)33/h4-16H,3,17H2,1-2H3,(H2,27,28,32,33). The summed E-state index contributed by atoms with van der Waals surface area (Å²) in [5, 5.41) is 24.2. The molecule has 0 atom stereocenters. The number of para-hydroxylation sites is 1. The molecule has 1 heterocycles. The van der Waals surface area contributed by atoms with E-state index in [1.54, 1.807) is 18.2 Å². The number of H-pyrrole nitrogens is 1. The number of nitrogens with one attached hydrogen (secondary N) is 2. The maximum absolute atomic E-state index is 12.4. The summed E-state index contributed by atoms with van der Waals surface area (Å²) in [6.45, 7) is 2.52. The lowest BCUT2D eigenvalue weighted by molar-refractivity contribution is -0.625. The van der Waals surface area contributed by atoms with Crippen LogP contribution in [0.1, 0.15) is 12.5 Å². The minimum Gasteiger partial charge on any atom is -0.870 e. The van der Waals surface area contributed by atoms with E-state index < -0.39 is 0 Å². The first-order chi connectivity index (χ1) is 17.6. The van der Waals surface area contributed by atoms with E-state index in [-0.39, 0.29) is 23.2 Å². The number of hydrogen-bond donors (Lipinski definition) is 2. The Kier molecular flexibility index (Phi) is 8.20. The monoisotopic (exact) mass is 503 g/mol. The van der Waals surface area contributed by atoms with Gasteiger partial charge in [-0.3, -0.25) is 4.79 Å². The van der Waals surface area contributed by atoms with E-state index in [1.807, 2.05) is 66.1 Å². The van der Waals surface area contributed by atoms with Gasteiger partial charge in [-0.15, -0.1) is 5.10 Å². The lowest BCUT2D eigenvalue weighted by Crippen LogP contribution is -2.34. The van der Waals surface area contributed by atoms with Crippen molar-refractivity contribution < 1.29 is 23.9 Å². The molecule has 9 nitrogen and oxygen atoms in total. The van der Waals surface area contributed by atoms with Gasteiger partial charge in [0.05, 0.1) is 36.3 Å². The number of nitrogens with zero attached hydrogens (tertiary/aromatic N) is 3. The van der Waals surface area contributed by atoms with Crippen molar-refractivity contribution in [1.82, 2.24) is 15.6 Å². The average molecular weight is 504 g/mol. The van der Waals surface area contributed by atoms with Gasteiger partial charge in [0, 0.05) is 0 Å². The first-order valence-electron chi connectivity index (χ1n) is 11.2. The van der Waals surface area contributed by atoms with Crippen LogP contribution in [0.3, 0.4) is 0 Å². The number of hydrazone groups is 1. The molecule has 1 aromatic heterocycles. The third-order valence-corrected chi connectivity index (χ3v) is 6.02. The number of amides is 1. The van der Waals surface area contributed by atoms with Gasteiger partial charge in [0.25, 0.3) is 11.7 Å². The minimum absolute atomic E-state index is 0.0653. The number of carbonyl (C=O) groups is 1. The third kappa shape index (κ3) is 5.84. The van der Waals surface area contributed by atoms with Crippen molar-refractivity contribution in [1.29, 1.82) is 0 Å². The van der Waals surface area contributed by atoms with Crippen molar-refractivity contribution in [3.63, 3.8) is 0 Å². The average Bonchev–Trinajstić information content (AvgIpc) is 3.33. The number of carbonyl (C=O) groups excluding carboxylic acids is 1. The van der Waals surface area contributed by atoms with Gasteiger partial charge in [-0.05, 0) is 66.7 Å². The fourth-order valence-corrected chi connectivity index (χ4v) is 4.17. The molecular formula is C26H25N5O4S. The van der Waals surface area contributed by atoms with Crippen LogP contribution < -0.4 is 24.6 Å². The molecule has 0 unspecified atom stereocenters. The van der Waals surface area contributed by atoms with Crippen molar-refractivity contribution in [3.8, 4) is 34.3 Å². The maximum Gasteiger partial charge on any atom is 0.342 e. The molecule has 1 amide bonds. The molecule has 0 saturated carbocycles. The van der Waals surface area contributed by atoms with Crippen LogP contribution in [0.5, 0.6) is 17.2 Å². The smallest absolute Gasteiger partial charge is 0.342 e. The molecule has 4 aromatic rings. The predicted molar refractivity (Wildman–Crippen MR) is 136 cm³/mol. The van der Waals surface area contributed by atoms with Gasteiger partial charge in [0.1, 0.15) is 17.2 Å². The van der Waals surface area contributed by atoms with Crippen LogP contribution in [0.15, 0.2) is 83.1 Å². The molecular weight excluding hydrogens is 478 g/mol. The van der Waals surface area contributed by atoms with Crippen LogP contribution in [0, 0.1) is 0 Å². The Morgan fingerprint density at radius 3 is 2.64 bits per heavy atom. The second-order valence-corrected chi connectivity index (χ2v) is 8.39. The Balaban J connectivity index is 1.50. The molecule has 0 aliphatic rings. The highest BCUT2D eigenvalue weighted by Crippen LogP contribution is 2.25. The molecule has 2 N–H and O–H groups in total. The van der Waals surface area contributed by atoms with E-state index in [0.717, 1.165) is 22.8 Å². The molecule has 10 heteroatoms. The van der Waals surface area contributed by atoms with Crippen molar-refractivity contribution in [2.75, 3.05) is 19.5 Å². The van der Waals surface area contributed by atoms with Gasteiger partial charge in [-0.25, -0.2) is 5.43 Å². The largest absolute Gasteiger partial charge is 0.870 e. The van der Waals surface area contributed by atoms with Crippen LogP contribution in [-0.2, 0) is 4.79 Å². The zero-order chi connectivity index (χ0) is 25.3. The molecule has 0 aliphatic carbocycles. The minimum atomic E-state index is -0.339. The predicted octanol–water partition coefficient (Wildman–Crippen LogP) is 3.08. The molecule has 0 saturated heterocycles. The van der Waals surface area contributed by atoms with Crippen LogP contribution in [0.25, 0.3) is 17.1 Å². The number of methoxy groups -OCH3 is 1. The van der Waals surface area contributed by atoms with Gasteiger partial charge in [-0.1, -0.05) is 36.1 Å². The summed E-state index contributed by atoms with van der Waals surface area (Å²) < 4.78 is 12.5. The van der Waals surface area contributed by atoms with Crippen molar-refractivity contribution in [3.05, 3.63) is 78.4 Å². The number of rotatable bonds is 10. The summed E-state index contributed by atoms with van der Waals surface area (Å²) in [7, 11) is 1.43. The van der Waals surface area contributed by atoms with E-state index in [0.29, 0.717) is 17.3 Å². The molecule has 0 radical (unpaired) electrons. The highest BCUT2D eigenvalue weighted by atomic mass is 32.2. The van der Waals surface area contributed by atoms with Gasteiger partial charge in [0.15, 0.2) is 0 Å². The Bertz CT molecular complexity index is 1340. The summed E-state index contributed by atoms with van der Waals surface area (Å²) >= 11 is 1.26. The summed E-state index contributed by atoms with van der Waals surface area (Å²) in [6, 6.07) is 22.3. The normalized spacial score (nSPS) is 10.9.